The minimum Gasteiger partial charge on any atom is -0.494 e. The molecule has 0 aliphatic heterocycles. The summed E-state index contributed by atoms with van der Waals surface area (Å²) in [6, 6.07) is 9.64. The number of aromatic nitrogens is 2. The predicted octanol–water partition coefficient (Wildman–Crippen LogP) is 2.71. The fourth-order valence-corrected chi connectivity index (χ4v) is 1.66. The summed E-state index contributed by atoms with van der Waals surface area (Å²) in [5.41, 5.74) is 2.06. The van der Waals surface area contributed by atoms with Gasteiger partial charge in [0.1, 0.15) is 23.8 Å². The van der Waals surface area contributed by atoms with Crippen molar-refractivity contribution in [1.29, 1.82) is 0 Å². The van der Waals surface area contributed by atoms with E-state index in [1.807, 2.05) is 55.9 Å². The zero-order valence-corrected chi connectivity index (χ0v) is 11.0. The van der Waals surface area contributed by atoms with Crippen molar-refractivity contribution in [1.82, 2.24) is 9.78 Å². The van der Waals surface area contributed by atoms with Gasteiger partial charge in [0.05, 0.1) is 6.61 Å². The van der Waals surface area contributed by atoms with Gasteiger partial charge in [-0.15, -0.1) is 0 Å². The number of ether oxygens (including phenoxy) is 2. The van der Waals surface area contributed by atoms with Crippen LogP contribution in [0.2, 0.25) is 0 Å². The van der Waals surface area contributed by atoms with Gasteiger partial charge >= 0.3 is 0 Å². The van der Waals surface area contributed by atoms with E-state index < -0.39 is 0 Å². The van der Waals surface area contributed by atoms with Crippen LogP contribution in [-0.4, -0.2) is 16.4 Å². The number of hydrogen-bond acceptors (Lipinski definition) is 3. The van der Waals surface area contributed by atoms with Gasteiger partial charge in [0.15, 0.2) is 0 Å². The lowest BCUT2D eigenvalue weighted by Crippen LogP contribution is -1.98. The van der Waals surface area contributed by atoms with Crippen LogP contribution in [-0.2, 0) is 13.7 Å². The van der Waals surface area contributed by atoms with Gasteiger partial charge in [0.25, 0.3) is 0 Å². The summed E-state index contributed by atoms with van der Waals surface area (Å²) >= 11 is 0. The molecular formula is C14H18N2O2. The minimum atomic E-state index is 0.482. The van der Waals surface area contributed by atoms with Crippen molar-refractivity contribution in [3.8, 4) is 11.5 Å². The molecule has 18 heavy (non-hydrogen) atoms. The lowest BCUT2D eigenvalue weighted by Gasteiger charge is -2.06. The van der Waals surface area contributed by atoms with Crippen molar-refractivity contribution in [3.63, 3.8) is 0 Å². The average molecular weight is 246 g/mol. The van der Waals surface area contributed by atoms with E-state index in [4.69, 9.17) is 9.47 Å². The highest BCUT2D eigenvalue weighted by atomic mass is 16.5. The second-order valence-electron chi connectivity index (χ2n) is 4.09. The summed E-state index contributed by atoms with van der Waals surface area (Å²) < 4.78 is 12.9. The van der Waals surface area contributed by atoms with Crippen molar-refractivity contribution in [2.45, 2.75) is 20.5 Å². The van der Waals surface area contributed by atoms with Crippen molar-refractivity contribution >= 4 is 0 Å². The number of rotatable bonds is 5. The van der Waals surface area contributed by atoms with Gasteiger partial charge in [-0.2, -0.15) is 5.10 Å². The summed E-state index contributed by atoms with van der Waals surface area (Å²) in [5.74, 6) is 1.68. The molecule has 0 bridgehead atoms. The topological polar surface area (TPSA) is 36.3 Å². The molecule has 0 spiro atoms. The van der Waals surface area contributed by atoms with Gasteiger partial charge in [-0.05, 0) is 44.2 Å². The highest BCUT2D eigenvalue weighted by molar-refractivity contribution is 5.31. The Morgan fingerprint density at radius 3 is 2.22 bits per heavy atom. The molecule has 0 aliphatic carbocycles. The Bertz CT molecular complexity index is 484. The summed E-state index contributed by atoms with van der Waals surface area (Å²) in [5, 5.41) is 4.34. The fraction of sp³-hybridized carbons (Fsp3) is 0.357. The Kier molecular flexibility index (Phi) is 3.87. The second kappa shape index (κ2) is 5.58. The molecule has 4 heteroatoms. The molecule has 0 saturated heterocycles. The third kappa shape index (κ3) is 3.03. The molecule has 0 unspecified atom stereocenters. The average Bonchev–Trinajstić information content (AvgIpc) is 2.68. The largest absolute Gasteiger partial charge is 0.494 e. The van der Waals surface area contributed by atoms with Crippen LogP contribution in [0.5, 0.6) is 11.5 Å². The van der Waals surface area contributed by atoms with E-state index in [0.29, 0.717) is 13.2 Å². The number of nitrogens with zero attached hydrogens (tertiary/aromatic N) is 2. The molecular weight excluding hydrogens is 228 g/mol. The number of aryl methyl sites for hydroxylation is 2. The van der Waals surface area contributed by atoms with Crippen molar-refractivity contribution in [3.05, 3.63) is 41.7 Å². The van der Waals surface area contributed by atoms with E-state index in [9.17, 15) is 0 Å². The monoisotopic (exact) mass is 246 g/mol. The first-order valence-corrected chi connectivity index (χ1v) is 6.04. The molecule has 0 N–H and O–H groups in total. The molecule has 96 valence electrons. The first-order chi connectivity index (χ1) is 8.69. The van der Waals surface area contributed by atoms with Gasteiger partial charge in [0.2, 0.25) is 0 Å². The van der Waals surface area contributed by atoms with Crippen LogP contribution in [0.25, 0.3) is 0 Å². The third-order valence-electron chi connectivity index (χ3n) is 2.69. The number of hydrogen-bond donors (Lipinski definition) is 0. The Labute approximate surface area is 107 Å². The van der Waals surface area contributed by atoms with Crippen LogP contribution in [0.15, 0.2) is 30.3 Å². The van der Waals surface area contributed by atoms with Crippen LogP contribution in [0.3, 0.4) is 0 Å². The molecule has 1 heterocycles. The quantitative estimate of drug-likeness (QED) is 0.813. The smallest absolute Gasteiger partial charge is 0.132 e. The van der Waals surface area contributed by atoms with E-state index in [1.165, 1.54) is 0 Å². The summed E-state index contributed by atoms with van der Waals surface area (Å²) in [7, 11) is 1.93. The number of benzene rings is 1. The normalized spacial score (nSPS) is 10.4. The molecule has 2 rings (SSSR count). The molecule has 1 aromatic carbocycles. The Balaban J connectivity index is 1.93. The van der Waals surface area contributed by atoms with Crippen LogP contribution in [0.4, 0.5) is 0 Å². The Morgan fingerprint density at radius 1 is 1.11 bits per heavy atom. The van der Waals surface area contributed by atoms with E-state index in [-0.39, 0.29) is 0 Å². The zero-order chi connectivity index (χ0) is 13.0. The maximum absolute atomic E-state index is 5.66. The first kappa shape index (κ1) is 12.5. The van der Waals surface area contributed by atoms with E-state index >= 15 is 0 Å². The highest BCUT2D eigenvalue weighted by Gasteiger charge is 2.02. The Hall–Kier alpha value is -1.97. The molecule has 2 aromatic rings. The molecule has 0 radical (unpaired) electrons. The summed E-state index contributed by atoms with van der Waals surface area (Å²) in [6.45, 7) is 5.14. The van der Waals surface area contributed by atoms with Gasteiger partial charge in [-0.3, -0.25) is 4.68 Å². The van der Waals surface area contributed by atoms with Gasteiger partial charge < -0.3 is 9.47 Å². The zero-order valence-electron chi connectivity index (χ0n) is 11.0. The molecule has 0 fully saturated rings. The second-order valence-corrected chi connectivity index (χ2v) is 4.09. The van der Waals surface area contributed by atoms with Crippen LogP contribution in [0, 0.1) is 6.92 Å². The molecule has 0 saturated carbocycles. The lowest BCUT2D eigenvalue weighted by molar-refractivity contribution is 0.298. The molecule has 0 aliphatic rings. The SMILES string of the molecule is CCOc1ccc(OCc2cc(C)n(C)n2)cc1. The maximum atomic E-state index is 5.66. The highest BCUT2D eigenvalue weighted by Crippen LogP contribution is 2.18. The van der Waals surface area contributed by atoms with Crippen molar-refractivity contribution in [2.24, 2.45) is 7.05 Å². The van der Waals surface area contributed by atoms with Crippen molar-refractivity contribution < 1.29 is 9.47 Å². The van der Waals surface area contributed by atoms with Gasteiger partial charge in [0, 0.05) is 12.7 Å². The standard InChI is InChI=1S/C14H18N2O2/c1-4-17-13-5-7-14(8-6-13)18-10-12-9-11(2)16(3)15-12/h5-9H,4,10H2,1-3H3. The van der Waals surface area contributed by atoms with E-state index in [0.717, 1.165) is 22.9 Å². The summed E-state index contributed by atoms with van der Waals surface area (Å²) in [4.78, 5) is 0. The maximum Gasteiger partial charge on any atom is 0.132 e. The van der Waals surface area contributed by atoms with E-state index in [1.54, 1.807) is 0 Å². The molecule has 1 aromatic heterocycles. The molecule has 0 atom stereocenters. The summed E-state index contributed by atoms with van der Waals surface area (Å²) in [6.07, 6.45) is 0. The Morgan fingerprint density at radius 2 is 1.72 bits per heavy atom. The van der Waals surface area contributed by atoms with Gasteiger partial charge in [-0.1, -0.05) is 0 Å². The van der Waals surface area contributed by atoms with Gasteiger partial charge in [-0.25, -0.2) is 0 Å². The third-order valence-corrected chi connectivity index (χ3v) is 2.69. The van der Waals surface area contributed by atoms with E-state index in [2.05, 4.69) is 5.10 Å². The molecule has 0 amide bonds. The first-order valence-electron chi connectivity index (χ1n) is 6.04. The predicted molar refractivity (Wildman–Crippen MR) is 69.9 cm³/mol. The fourth-order valence-electron chi connectivity index (χ4n) is 1.66. The van der Waals surface area contributed by atoms with Crippen LogP contribution in [0.1, 0.15) is 18.3 Å². The van der Waals surface area contributed by atoms with Crippen LogP contribution < -0.4 is 9.47 Å². The van der Waals surface area contributed by atoms with Crippen molar-refractivity contribution in [2.75, 3.05) is 6.61 Å². The lowest BCUT2D eigenvalue weighted by atomic mass is 10.3. The minimum absolute atomic E-state index is 0.482. The van der Waals surface area contributed by atoms with Crippen LogP contribution >= 0.6 is 0 Å². The molecule has 4 nitrogen and oxygen atoms in total.